The van der Waals surface area contributed by atoms with Gasteiger partial charge in [-0.3, -0.25) is 0 Å². The summed E-state index contributed by atoms with van der Waals surface area (Å²) in [6.07, 6.45) is 0. The first-order valence-electron chi connectivity index (χ1n) is 7.15. The Labute approximate surface area is 140 Å². The molecule has 2 heterocycles. The number of nitrogens with zero attached hydrogens (tertiary/aromatic N) is 3. The summed E-state index contributed by atoms with van der Waals surface area (Å²) in [5.74, 6) is 5.64. The molecule has 2 aromatic heterocycles. The molecule has 0 spiro atoms. The van der Waals surface area contributed by atoms with Gasteiger partial charge in [0.25, 0.3) is 0 Å². The second-order valence-electron chi connectivity index (χ2n) is 5.25. The summed E-state index contributed by atoms with van der Waals surface area (Å²) in [5, 5.41) is 6.31. The highest BCUT2D eigenvalue weighted by Gasteiger charge is 2.09. The van der Waals surface area contributed by atoms with Gasteiger partial charge in [-0.25, -0.2) is 0 Å². The topological polar surface area (TPSA) is 66.2 Å². The summed E-state index contributed by atoms with van der Waals surface area (Å²) in [4.78, 5) is 2.11. The van der Waals surface area contributed by atoms with E-state index in [-0.39, 0.29) is 0 Å². The third kappa shape index (κ3) is 4.89. The Hall–Kier alpha value is -1.25. The fourth-order valence-corrected chi connectivity index (χ4v) is 3.39. The molecule has 0 amide bonds. The van der Waals surface area contributed by atoms with Gasteiger partial charge in [-0.2, -0.15) is 20.5 Å². The quantitative estimate of drug-likeness (QED) is 0.680. The molecule has 2 N–H and O–H groups in total. The van der Waals surface area contributed by atoms with Gasteiger partial charge < -0.3 is 20.0 Å². The first kappa shape index (κ1) is 17.1. The molecule has 0 saturated carbocycles. The molecule has 0 bridgehead atoms. The molecule has 2 aromatic rings. The van der Waals surface area contributed by atoms with E-state index >= 15 is 0 Å². The number of aromatic nitrogens is 2. The van der Waals surface area contributed by atoms with Gasteiger partial charge in [0.05, 0.1) is 24.0 Å². The highest BCUT2D eigenvalue weighted by atomic mass is 32.2. The fourth-order valence-electron chi connectivity index (χ4n) is 2.00. The molecule has 0 aliphatic rings. The molecule has 0 aliphatic heterocycles. The van der Waals surface area contributed by atoms with Gasteiger partial charge in [-0.1, -0.05) is 0 Å². The van der Waals surface area contributed by atoms with Crippen molar-refractivity contribution in [1.82, 2.24) is 13.6 Å². The van der Waals surface area contributed by atoms with Crippen molar-refractivity contribution in [3.8, 4) is 0 Å². The van der Waals surface area contributed by atoms with E-state index in [0.29, 0.717) is 0 Å². The predicted octanol–water partition coefficient (Wildman–Crippen LogP) is 2.89. The van der Waals surface area contributed by atoms with Crippen molar-refractivity contribution >= 4 is 35.1 Å². The number of rotatable bonds is 9. The number of thioether (sulfide) groups is 1. The number of hydrogen-bond donors (Lipinski definition) is 2. The molecule has 0 atom stereocenters. The van der Waals surface area contributed by atoms with Crippen LogP contribution in [0.5, 0.6) is 0 Å². The van der Waals surface area contributed by atoms with Gasteiger partial charge in [0, 0.05) is 19.3 Å². The second-order valence-corrected chi connectivity index (χ2v) is 6.88. The van der Waals surface area contributed by atoms with Crippen LogP contribution >= 0.6 is 23.5 Å². The number of nitrogens with one attached hydrogen (secondary N) is 2. The van der Waals surface area contributed by atoms with Crippen molar-refractivity contribution < 1.29 is 4.42 Å². The van der Waals surface area contributed by atoms with Crippen LogP contribution in [0.15, 0.2) is 10.5 Å². The minimum Gasteiger partial charge on any atom is -0.464 e. The zero-order chi connectivity index (χ0) is 15.9. The Bertz CT molecular complexity index is 582. The Balaban J connectivity index is 1.71. The largest absolute Gasteiger partial charge is 0.464 e. The Morgan fingerprint density at radius 3 is 2.82 bits per heavy atom. The van der Waals surface area contributed by atoms with Crippen LogP contribution in [0.2, 0.25) is 0 Å². The maximum Gasteiger partial charge on any atom is 0.184 e. The Morgan fingerprint density at radius 1 is 1.32 bits per heavy atom. The lowest BCUT2D eigenvalue weighted by molar-refractivity contribution is 0.344. The minimum atomic E-state index is 0.810. The van der Waals surface area contributed by atoms with E-state index in [0.717, 1.165) is 47.8 Å². The van der Waals surface area contributed by atoms with Crippen LogP contribution < -0.4 is 10.6 Å². The Kier molecular flexibility index (Phi) is 6.53. The maximum atomic E-state index is 5.90. The van der Waals surface area contributed by atoms with Crippen molar-refractivity contribution in [3.05, 3.63) is 23.2 Å². The zero-order valence-electron chi connectivity index (χ0n) is 13.5. The van der Waals surface area contributed by atoms with Crippen LogP contribution in [0.25, 0.3) is 0 Å². The lowest BCUT2D eigenvalue weighted by Crippen LogP contribution is -2.09. The predicted molar refractivity (Wildman–Crippen MR) is 94.9 cm³/mol. The van der Waals surface area contributed by atoms with Gasteiger partial charge in [-0.05, 0) is 32.6 Å². The van der Waals surface area contributed by atoms with Gasteiger partial charge in [0.15, 0.2) is 11.6 Å². The summed E-state index contributed by atoms with van der Waals surface area (Å²) >= 11 is 3.06. The average molecular weight is 342 g/mol. The molecule has 8 heteroatoms. The van der Waals surface area contributed by atoms with E-state index in [4.69, 9.17) is 4.42 Å². The smallest absolute Gasteiger partial charge is 0.184 e. The summed E-state index contributed by atoms with van der Waals surface area (Å²) in [6.45, 7) is 3.81. The number of anilines is 2. The maximum absolute atomic E-state index is 5.90. The van der Waals surface area contributed by atoms with Crippen LogP contribution in [-0.2, 0) is 12.3 Å². The van der Waals surface area contributed by atoms with Gasteiger partial charge in [-0.15, -0.1) is 0 Å². The van der Waals surface area contributed by atoms with Crippen molar-refractivity contribution in [2.24, 2.45) is 0 Å². The van der Waals surface area contributed by atoms with Crippen LogP contribution in [0.4, 0.5) is 11.6 Å². The lowest BCUT2D eigenvalue weighted by atomic mass is 10.3. The molecular weight excluding hydrogens is 318 g/mol. The average Bonchev–Trinajstić information content (AvgIpc) is 3.04. The molecular formula is C14H23N5OS2. The third-order valence-electron chi connectivity index (χ3n) is 3.04. The SMILES string of the molecule is CNc1nsnc1NCCSCc1oc(CN(C)C)cc1C. The van der Waals surface area contributed by atoms with E-state index in [1.807, 2.05) is 32.9 Å². The highest BCUT2D eigenvalue weighted by molar-refractivity contribution is 7.98. The number of furan rings is 1. The highest BCUT2D eigenvalue weighted by Crippen LogP contribution is 2.21. The molecule has 0 fully saturated rings. The number of hydrogen-bond acceptors (Lipinski definition) is 8. The normalized spacial score (nSPS) is 11.1. The standard InChI is InChI=1S/C14H23N5OS2/c1-10-7-11(8-19(3)4)20-12(10)9-21-6-5-16-14-13(15-2)17-22-18-14/h7H,5-6,8-9H2,1-4H3,(H,15,17)(H,16,18). The van der Waals surface area contributed by atoms with E-state index < -0.39 is 0 Å². The first-order chi connectivity index (χ1) is 10.6. The molecule has 122 valence electrons. The van der Waals surface area contributed by atoms with E-state index in [1.165, 1.54) is 17.3 Å². The fraction of sp³-hybridized carbons (Fsp3) is 0.571. The zero-order valence-corrected chi connectivity index (χ0v) is 15.1. The van der Waals surface area contributed by atoms with Crippen molar-refractivity contribution in [3.63, 3.8) is 0 Å². The van der Waals surface area contributed by atoms with Crippen LogP contribution in [0.1, 0.15) is 17.1 Å². The molecule has 2 rings (SSSR count). The van der Waals surface area contributed by atoms with Crippen molar-refractivity contribution in [2.45, 2.75) is 19.2 Å². The molecule has 6 nitrogen and oxygen atoms in total. The first-order valence-corrected chi connectivity index (χ1v) is 9.03. The summed E-state index contributed by atoms with van der Waals surface area (Å²) in [5.41, 5.74) is 1.23. The van der Waals surface area contributed by atoms with Crippen molar-refractivity contribution in [1.29, 1.82) is 0 Å². The summed E-state index contributed by atoms with van der Waals surface area (Å²) < 4.78 is 14.3. The van der Waals surface area contributed by atoms with E-state index in [2.05, 4.69) is 37.3 Å². The lowest BCUT2D eigenvalue weighted by Gasteiger charge is -2.06. The minimum absolute atomic E-state index is 0.810. The second kappa shape index (κ2) is 8.40. The third-order valence-corrected chi connectivity index (χ3v) is 4.53. The van der Waals surface area contributed by atoms with Crippen LogP contribution in [-0.4, -0.2) is 47.1 Å². The number of aryl methyl sites for hydroxylation is 1. The summed E-state index contributed by atoms with van der Waals surface area (Å²) in [6, 6.07) is 2.13. The molecule has 0 saturated heterocycles. The van der Waals surface area contributed by atoms with E-state index in [9.17, 15) is 0 Å². The summed E-state index contributed by atoms with van der Waals surface area (Å²) in [7, 11) is 5.94. The monoisotopic (exact) mass is 341 g/mol. The molecule has 0 aromatic carbocycles. The molecule has 0 unspecified atom stereocenters. The van der Waals surface area contributed by atoms with E-state index in [1.54, 1.807) is 0 Å². The van der Waals surface area contributed by atoms with Crippen LogP contribution in [0, 0.1) is 6.92 Å². The van der Waals surface area contributed by atoms with Gasteiger partial charge >= 0.3 is 0 Å². The van der Waals surface area contributed by atoms with Crippen molar-refractivity contribution in [2.75, 3.05) is 44.1 Å². The molecule has 0 radical (unpaired) electrons. The van der Waals surface area contributed by atoms with Gasteiger partial charge in [0.2, 0.25) is 0 Å². The molecule has 0 aliphatic carbocycles. The molecule has 22 heavy (non-hydrogen) atoms. The van der Waals surface area contributed by atoms with Gasteiger partial charge in [0.1, 0.15) is 11.5 Å². The van der Waals surface area contributed by atoms with Crippen LogP contribution in [0.3, 0.4) is 0 Å². The Morgan fingerprint density at radius 2 is 2.09 bits per heavy atom.